The smallest absolute Gasteiger partial charge is 0.331 e. The predicted octanol–water partition coefficient (Wildman–Crippen LogP) is 2.95. The second-order valence-electron chi connectivity index (χ2n) is 3.14. The second kappa shape index (κ2) is 5.22. The van der Waals surface area contributed by atoms with Gasteiger partial charge in [-0.1, -0.05) is 43.7 Å². The molecule has 0 atom stereocenters. The molecule has 1 aromatic carbocycles. The van der Waals surface area contributed by atoms with E-state index in [-0.39, 0.29) is 0 Å². The van der Waals surface area contributed by atoms with E-state index < -0.39 is 5.97 Å². The second-order valence-corrected chi connectivity index (χ2v) is 3.14. The molecule has 0 aromatic heterocycles. The van der Waals surface area contributed by atoms with Gasteiger partial charge in [-0.2, -0.15) is 0 Å². The van der Waals surface area contributed by atoms with Crippen molar-refractivity contribution in [1.82, 2.24) is 0 Å². The molecule has 2 heteroatoms. The average molecular weight is 190 g/mol. The van der Waals surface area contributed by atoms with Crippen molar-refractivity contribution in [3.05, 3.63) is 41.5 Å². The van der Waals surface area contributed by atoms with Gasteiger partial charge in [0.1, 0.15) is 0 Å². The van der Waals surface area contributed by atoms with Crippen LogP contribution in [0, 0.1) is 0 Å². The fourth-order valence-electron chi connectivity index (χ4n) is 1.26. The van der Waals surface area contributed by atoms with Crippen molar-refractivity contribution in [2.75, 3.05) is 0 Å². The largest absolute Gasteiger partial charge is 0.478 e. The van der Waals surface area contributed by atoms with E-state index in [4.69, 9.17) is 5.11 Å². The zero-order valence-corrected chi connectivity index (χ0v) is 8.23. The topological polar surface area (TPSA) is 37.3 Å². The Morgan fingerprint density at radius 3 is 2.50 bits per heavy atom. The van der Waals surface area contributed by atoms with Crippen LogP contribution in [0.1, 0.15) is 25.3 Å². The van der Waals surface area contributed by atoms with Gasteiger partial charge in [0, 0.05) is 5.57 Å². The van der Waals surface area contributed by atoms with Crippen LogP contribution in [0.15, 0.2) is 35.9 Å². The van der Waals surface area contributed by atoms with Crippen molar-refractivity contribution in [2.45, 2.75) is 19.8 Å². The van der Waals surface area contributed by atoms with E-state index in [1.165, 1.54) is 0 Å². The minimum Gasteiger partial charge on any atom is -0.478 e. The van der Waals surface area contributed by atoms with E-state index in [9.17, 15) is 4.79 Å². The Hall–Kier alpha value is -1.57. The van der Waals surface area contributed by atoms with E-state index in [1.54, 1.807) is 6.08 Å². The average Bonchev–Trinajstić information content (AvgIpc) is 2.18. The van der Waals surface area contributed by atoms with Gasteiger partial charge in [-0.25, -0.2) is 4.79 Å². The third-order valence-electron chi connectivity index (χ3n) is 1.93. The predicted molar refractivity (Wildman–Crippen MR) is 57.0 cm³/mol. The van der Waals surface area contributed by atoms with Crippen molar-refractivity contribution in [2.24, 2.45) is 0 Å². The number of hydrogen-bond acceptors (Lipinski definition) is 1. The van der Waals surface area contributed by atoms with Crippen LogP contribution in [0.5, 0.6) is 0 Å². The summed E-state index contributed by atoms with van der Waals surface area (Å²) in [6.45, 7) is 1.97. The highest BCUT2D eigenvalue weighted by atomic mass is 16.4. The first-order valence-electron chi connectivity index (χ1n) is 4.73. The SMILES string of the molecule is CCC/C(=C/c1ccccc1)C(=O)O. The van der Waals surface area contributed by atoms with Gasteiger partial charge in [-0.3, -0.25) is 0 Å². The number of hydrogen-bond donors (Lipinski definition) is 1. The molecule has 0 bridgehead atoms. The first-order valence-corrected chi connectivity index (χ1v) is 4.73. The van der Waals surface area contributed by atoms with E-state index in [0.717, 1.165) is 12.0 Å². The highest BCUT2D eigenvalue weighted by Gasteiger charge is 2.04. The van der Waals surface area contributed by atoms with Gasteiger partial charge in [0.15, 0.2) is 0 Å². The molecule has 14 heavy (non-hydrogen) atoms. The zero-order valence-electron chi connectivity index (χ0n) is 8.23. The van der Waals surface area contributed by atoms with Crippen molar-refractivity contribution >= 4 is 12.0 Å². The lowest BCUT2D eigenvalue weighted by atomic mass is 10.1. The molecule has 0 saturated heterocycles. The minimum atomic E-state index is -0.823. The van der Waals surface area contributed by atoms with Crippen LogP contribution >= 0.6 is 0 Å². The number of benzene rings is 1. The lowest BCUT2D eigenvalue weighted by Crippen LogP contribution is -1.99. The molecule has 1 aromatic rings. The normalized spacial score (nSPS) is 11.4. The molecular weight excluding hydrogens is 176 g/mol. The first kappa shape index (κ1) is 10.5. The van der Waals surface area contributed by atoms with Gasteiger partial charge in [-0.15, -0.1) is 0 Å². The van der Waals surface area contributed by atoms with E-state index in [1.807, 2.05) is 37.3 Å². The summed E-state index contributed by atoms with van der Waals surface area (Å²) in [5.74, 6) is -0.823. The Labute approximate surface area is 83.9 Å². The lowest BCUT2D eigenvalue weighted by Gasteiger charge is -1.99. The van der Waals surface area contributed by atoms with Crippen LogP contribution in [0.4, 0.5) is 0 Å². The highest BCUT2D eigenvalue weighted by Crippen LogP contribution is 2.11. The minimum absolute atomic E-state index is 0.471. The Kier molecular flexibility index (Phi) is 3.92. The molecule has 0 aliphatic carbocycles. The van der Waals surface area contributed by atoms with Crippen molar-refractivity contribution in [1.29, 1.82) is 0 Å². The van der Waals surface area contributed by atoms with E-state index in [0.29, 0.717) is 12.0 Å². The van der Waals surface area contributed by atoms with Gasteiger partial charge < -0.3 is 5.11 Å². The van der Waals surface area contributed by atoms with Gasteiger partial charge in [-0.05, 0) is 18.1 Å². The zero-order chi connectivity index (χ0) is 10.4. The summed E-state index contributed by atoms with van der Waals surface area (Å²) in [6, 6.07) is 9.52. The number of carbonyl (C=O) groups is 1. The molecule has 1 N–H and O–H groups in total. The molecule has 0 saturated carbocycles. The fourth-order valence-corrected chi connectivity index (χ4v) is 1.26. The Balaban J connectivity index is 2.88. The monoisotopic (exact) mass is 190 g/mol. The van der Waals surface area contributed by atoms with Gasteiger partial charge in [0.25, 0.3) is 0 Å². The van der Waals surface area contributed by atoms with Crippen LogP contribution in [0.3, 0.4) is 0 Å². The summed E-state index contributed by atoms with van der Waals surface area (Å²) in [5, 5.41) is 8.90. The number of carboxylic acid groups (broad SMARTS) is 1. The molecule has 0 unspecified atom stereocenters. The fraction of sp³-hybridized carbons (Fsp3) is 0.250. The highest BCUT2D eigenvalue weighted by molar-refractivity contribution is 5.92. The molecule has 2 nitrogen and oxygen atoms in total. The maximum absolute atomic E-state index is 10.8. The third-order valence-corrected chi connectivity index (χ3v) is 1.93. The summed E-state index contributed by atoms with van der Waals surface area (Å²) in [4.78, 5) is 10.8. The van der Waals surface area contributed by atoms with Crippen molar-refractivity contribution < 1.29 is 9.90 Å². The molecule has 0 aliphatic heterocycles. The summed E-state index contributed by atoms with van der Waals surface area (Å²) >= 11 is 0. The maximum atomic E-state index is 10.8. The molecule has 0 fully saturated rings. The van der Waals surface area contributed by atoms with Crippen LogP contribution in [-0.4, -0.2) is 11.1 Å². The Morgan fingerprint density at radius 2 is 2.00 bits per heavy atom. The maximum Gasteiger partial charge on any atom is 0.331 e. The molecule has 0 aliphatic rings. The van der Waals surface area contributed by atoms with E-state index >= 15 is 0 Å². The number of aliphatic carboxylic acids is 1. The number of carboxylic acids is 1. The molecular formula is C12H14O2. The molecule has 0 spiro atoms. The van der Waals surface area contributed by atoms with Crippen LogP contribution in [0.2, 0.25) is 0 Å². The van der Waals surface area contributed by atoms with Crippen LogP contribution in [-0.2, 0) is 4.79 Å². The summed E-state index contributed by atoms with van der Waals surface area (Å²) < 4.78 is 0. The van der Waals surface area contributed by atoms with E-state index in [2.05, 4.69) is 0 Å². The third kappa shape index (κ3) is 3.05. The van der Waals surface area contributed by atoms with Crippen LogP contribution < -0.4 is 0 Å². The number of rotatable bonds is 4. The molecule has 0 radical (unpaired) electrons. The molecule has 1 rings (SSSR count). The van der Waals surface area contributed by atoms with Crippen LogP contribution in [0.25, 0.3) is 6.08 Å². The Morgan fingerprint density at radius 1 is 1.36 bits per heavy atom. The summed E-state index contributed by atoms with van der Waals surface area (Å²) in [6.07, 6.45) is 3.20. The summed E-state index contributed by atoms with van der Waals surface area (Å²) in [7, 11) is 0. The van der Waals surface area contributed by atoms with Gasteiger partial charge in [0.05, 0.1) is 0 Å². The first-order chi connectivity index (χ1) is 6.74. The van der Waals surface area contributed by atoms with Crippen molar-refractivity contribution in [3.63, 3.8) is 0 Å². The van der Waals surface area contributed by atoms with Gasteiger partial charge in [0.2, 0.25) is 0 Å². The van der Waals surface area contributed by atoms with Crippen molar-refractivity contribution in [3.8, 4) is 0 Å². The standard InChI is InChI=1S/C12H14O2/c1-2-6-11(12(13)14)9-10-7-4-3-5-8-10/h3-5,7-9H,2,6H2,1H3,(H,13,14)/b11-9-. The molecule has 0 amide bonds. The molecule has 74 valence electrons. The lowest BCUT2D eigenvalue weighted by molar-refractivity contribution is -0.132. The molecule has 0 heterocycles. The Bertz CT molecular complexity index is 325. The summed E-state index contributed by atoms with van der Waals surface area (Å²) in [5.41, 5.74) is 1.41. The quantitative estimate of drug-likeness (QED) is 0.741. The van der Waals surface area contributed by atoms with Gasteiger partial charge >= 0.3 is 5.97 Å².